The normalized spacial score (nSPS) is 13.5. The highest BCUT2D eigenvalue weighted by Gasteiger charge is 2.23. The maximum absolute atomic E-state index is 11.0. The molecule has 0 atom stereocenters. The smallest absolute Gasteiger partial charge is 0.310 e. The second kappa shape index (κ2) is 5.84. The van der Waals surface area contributed by atoms with Gasteiger partial charge in [-0.15, -0.1) is 0 Å². The lowest BCUT2D eigenvalue weighted by molar-refractivity contribution is -0.892. The summed E-state index contributed by atoms with van der Waals surface area (Å²) < 4.78 is 31.1. The molecule has 5 heteroatoms. The van der Waals surface area contributed by atoms with E-state index in [1.54, 1.807) is 14.1 Å². The van der Waals surface area contributed by atoms with Crippen LogP contribution in [-0.4, -0.2) is 37.4 Å². The second-order valence-electron chi connectivity index (χ2n) is 7.36. The second-order valence-corrected chi connectivity index (χ2v) is 8.78. The maximum atomic E-state index is 11.0. The van der Waals surface area contributed by atoms with Gasteiger partial charge in [-0.3, -0.25) is 4.55 Å². The molecule has 1 N–H and O–H groups in total. The minimum atomic E-state index is -3.96. The van der Waals surface area contributed by atoms with Crippen LogP contribution in [0.15, 0.2) is 24.3 Å². The van der Waals surface area contributed by atoms with Crippen molar-refractivity contribution < 1.29 is 17.5 Å². The van der Waals surface area contributed by atoms with Crippen molar-refractivity contribution in [2.75, 3.05) is 20.0 Å². The lowest BCUT2D eigenvalue weighted by atomic mass is 9.88. The fourth-order valence-corrected chi connectivity index (χ4v) is 3.33. The third kappa shape index (κ3) is 7.03. The van der Waals surface area contributed by atoms with Gasteiger partial charge in [-0.2, -0.15) is 8.42 Å². The molecule has 4 nitrogen and oxygen atoms in total. The first-order valence-corrected chi connectivity index (χ1v) is 8.32. The van der Waals surface area contributed by atoms with Gasteiger partial charge in [0.15, 0.2) is 0 Å². The number of hydrogen-bond donors (Lipinski definition) is 1. The molecule has 20 heavy (non-hydrogen) atoms. The van der Waals surface area contributed by atoms with E-state index in [4.69, 9.17) is 4.55 Å². The molecule has 0 aliphatic carbocycles. The molecule has 1 aromatic carbocycles. The van der Waals surface area contributed by atoms with E-state index >= 15 is 0 Å². The Hall–Kier alpha value is -0.910. The van der Waals surface area contributed by atoms with E-state index in [-0.39, 0.29) is 15.8 Å². The van der Waals surface area contributed by atoms with Crippen LogP contribution in [0, 0.1) is 5.41 Å². The van der Waals surface area contributed by atoms with Crippen LogP contribution < -0.4 is 0 Å². The Labute approximate surface area is 122 Å². The molecule has 114 valence electrons. The van der Waals surface area contributed by atoms with Crippen molar-refractivity contribution in [2.24, 2.45) is 5.41 Å². The number of quaternary nitrogens is 1. The number of benzene rings is 1. The lowest BCUT2D eigenvalue weighted by Crippen LogP contribution is -2.42. The van der Waals surface area contributed by atoms with E-state index in [0.29, 0.717) is 6.54 Å². The van der Waals surface area contributed by atoms with E-state index in [1.807, 2.05) is 12.1 Å². The van der Waals surface area contributed by atoms with E-state index < -0.39 is 10.1 Å². The molecule has 0 saturated heterocycles. The van der Waals surface area contributed by atoms with Gasteiger partial charge < -0.3 is 4.48 Å². The highest BCUT2D eigenvalue weighted by molar-refractivity contribution is 7.85. The summed E-state index contributed by atoms with van der Waals surface area (Å²) in [6, 6.07) is 8.25. The number of nitrogens with zero attached hydrogens (tertiary/aromatic N) is 1. The molecule has 0 saturated carbocycles. The predicted octanol–water partition coefficient (Wildman–Crippen LogP) is 2.70. The standard InChI is InChI=1S/C15H25NO3S/c1-15(2,3)10-13-6-8-14(9-7-13)11-16(4,5)12-20(17,18)19/h6-9H,10-12H2,1-5H3/p+1. The summed E-state index contributed by atoms with van der Waals surface area (Å²) in [5, 5.41) is 0. The Morgan fingerprint density at radius 3 is 1.90 bits per heavy atom. The molecule has 0 bridgehead atoms. The molecular weight excluding hydrogens is 274 g/mol. The summed E-state index contributed by atoms with van der Waals surface area (Å²) >= 11 is 0. The molecular formula is C15H26NO3S+. The minimum Gasteiger partial charge on any atom is -0.310 e. The Morgan fingerprint density at radius 1 is 1.05 bits per heavy atom. The van der Waals surface area contributed by atoms with Gasteiger partial charge in [0.1, 0.15) is 6.54 Å². The van der Waals surface area contributed by atoms with Gasteiger partial charge in [-0.1, -0.05) is 45.0 Å². The molecule has 0 unspecified atom stereocenters. The van der Waals surface area contributed by atoms with E-state index in [0.717, 1.165) is 12.0 Å². The van der Waals surface area contributed by atoms with Gasteiger partial charge in [-0.05, 0) is 17.4 Å². The van der Waals surface area contributed by atoms with E-state index in [9.17, 15) is 8.42 Å². The SMILES string of the molecule is CC(C)(C)Cc1ccc(C[N+](C)(C)CS(=O)(=O)O)cc1. The summed E-state index contributed by atoms with van der Waals surface area (Å²) in [4.78, 5) is 0. The quantitative estimate of drug-likeness (QED) is 0.672. The van der Waals surface area contributed by atoms with Crippen LogP contribution >= 0.6 is 0 Å². The maximum Gasteiger partial charge on any atom is 0.316 e. The first-order valence-electron chi connectivity index (χ1n) is 6.71. The minimum absolute atomic E-state index is 0.206. The zero-order valence-corrected chi connectivity index (χ0v) is 13.9. The molecule has 0 aliphatic heterocycles. The van der Waals surface area contributed by atoms with Crippen LogP contribution in [0.1, 0.15) is 31.9 Å². The molecule has 0 spiro atoms. The summed E-state index contributed by atoms with van der Waals surface area (Å²) in [6.45, 7) is 7.17. The summed E-state index contributed by atoms with van der Waals surface area (Å²) in [6.07, 6.45) is 1.01. The monoisotopic (exact) mass is 300 g/mol. The molecule has 0 aromatic heterocycles. The molecule has 1 rings (SSSR count). The van der Waals surface area contributed by atoms with Crippen molar-refractivity contribution in [3.63, 3.8) is 0 Å². The van der Waals surface area contributed by atoms with Crippen molar-refractivity contribution in [1.29, 1.82) is 0 Å². The van der Waals surface area contributed by atoms with Crippen LogP contribution in [0.25, 0.3) is 0 Å². The first kappa shape index (κ1) is 17.1. The van der Waals surface area contributed by atoms with Gasteiger partial charge in [-0.25, -0.2) is 0 Å². The molecule has 1 aromatic rings. The van der Waals surface area contributed by atoms with Crippen molar-refractivity contribution in [3.8, 4) is 0 Å². The highest BCUT2D eigenvalue weighted by atomic mass is 32.2. The van der Waals surface area contributed by atoms with Crippen LogP contribution in [0.4, 0.5) is 0 Å². The molecule has 0 aliphatic rings. The third-order valence-corrected chi connectivity index (χ3v) is 3.91. The first-order chi connectivity index (χ1) is 8.86. The third-order valence-electron chi connectivity index (χ3n) is 2.88. The van der Waals surface area contributed by atoms with E-state index in [2.05, 4.69) is 32.9 Å². The largest absolute Gasteiger partial charge is 0.316 e. The van der Waals surface area contributed by atoms with Gasteiger partial charge in [0.2, 0.25) is 5.88 Å². The van der Waals surface area contributed by atoms with E-state index in [1.165, 1.54) is 5.56 Å². The van der Waals surface area contributed by atoms with Crippen LogP contribution in [0.5, 0.6) is 0 Å². The van der Waals surface area contributed by atoms with Crippen LogP contribution in [0.3, 0.4) is 0 Å². The molecule has 0 fully saturated rings. The average Bonchev–Trinajstić information content (AvgIpc) is 2.14. The summed E-state index contributed by atoms with van der Waals surface area (Å²) in [5.41, 5.74) is 2.60. The molecule has 0 heterocycles. The number of hydrogen-bond acceptors (Lipinski definition) is 2. The average molecular weight is 300 g/mol. The summed E-state index contributed by atoms with van der Waals surface area (Å²) in [5.74, 6) is -0.281. The van der Waals surface area contributed by atoms with Gasteiger partial charge in [0.25, 0.3) is 0 Å². The molecule has 0 radical (unpaired) electrons. The summed E-state index contributed by atoms with van der Waals surface area (Å²) in [7, 11) is -0.385. The Balaban J connectivity index is 2.75. The van der Waals surface area contributed by atoms with Gasteiger partial charge in [0.05, 0.1) is 14.1 Å². The topological polar surface area (TPSA) is 54.4 Å². The predicted molar refractivity (Wildman–Crippen MR) is 81.8 cm³/mol. The Kier molecular flexibility index (Phi) is 5.00. The fraction of sp³-hybridized carbons (Fsp3) is 0.600. The zero-order valence-electron chi connectivity index (χ0n) is 13.0. The van der Waals surface area contributed by atoms with Crippen LogP contribution in [0.2, 0.25) is 0 Å². The van der Waals surface area contributed by atoms with Crippen LogP contribution in [-0.2, 0) is 23.1 Å². The molecule has 0 amide bonds. The van der Waals surface area contributed by atoms with Crippen molar-refractivity contribution >= 4 is 10.1 Å². The van der Waals surface area contributed by atoms with Crippen molar-refractivity contribution in [3.05, 3.63) is 35.4 Å². The fourth-order valence-electron chi connectivity index (χ4n) is 2.36. The Bertz CT molecular complexity index is 539. The van der Waals surface area contributed by atoms with Gasteiger partial charge in [0, 0.05) is 5.56 Å². The Morgan fingerprint density at radius 2 is 1.50 bits per heavy atom. The van der Waals surface area contributed by atoms with Gasteiger partial charge >= 0.3 is 10.1 Å². The lowest BCUT2D eigenvalue weighted by Gasteiger charge is -2.28. The van der Waals surface area contributed by atoms with Crippen molar-refractivity contribution in [1.82, 2.24) is 0 Å². The zero-order chi connectivity index (χ0) is 15.6. The highest BCUT2D eigenvalue weighted by Crippen LogP contribution is 2.21. The number of rotatable bonds is 5. The van der Waals surface area contributed by atoms with Crippen molar-refractivity contribution in [2.45, 2.75) is 33.7 Å².